The van der Waals surface area contributed by atoms with Crippen LogP contribution < -0.4 is 4.90 Å². The van der Waals surface area contributed by atoms with Crippen LogP contribution >= 0.6 is 0 Å². The summed E-state index contributed by atoms with van der Waals surface area (Å²) < 4.78 is 5.51. The van der Waals surface area contributed by atoms with Crippen LogP contribution in [0.1, 0.15) is 10.6 Å². The quantitative estimate of drug-likeness (QED) is 0.510. The SMILES string of the molecule is O=C(c1occc1-c1ccccc1)N1CCN(c2cccc([N+](=O)[O-])c2)CC1. The topological polar surface area (TPSA) is 79.8 Å². The van der Waals surface area contributed by atoms with Crippen LogP contribution in [0.25, 0.3) is 11.1 Å². The number of carbonyl (C=O) groups is 1. The van der Waals surface area contributed by atoms with Crippen LogP contribution in [-0.4, -0.2) is 41.9 Å². The molecule has 7 heteroatoms. The predicted molar refractivity (Wildman–Crippen MR) is 105 cm³/mol. The van der Waals surface area contributed by atoms with Gasteiger partial charge < -0.3 is 14.2 Å². The van der Waals surface area contributed by atoms with Crippen molar-refractivity contribution in [1.82, 2.24) is 4.90 Å². The highest BCUT2D eigenvalue weighted by molar-refractivity contribution is 5.98. The molecule has 7 nitrogen and oxygen atoms in total. The maximum atomic E-state index is 13.0. The fraction of sp³-hybridized carbons (Fsp3) is 0.190. The van der Waals surface area contributed by atoms with Crippen LogP contribution in [0.15, 0.2) is 71.3 Å². The summed E-state index contributed by atoms with van der Waals surface area (Å²) >= 11 is 0. The molecule has 1 aromatic heterocycles. The first-order valence-corrected chi connectivity index (χ1v) is 9.05. The van der Waals surface area contributed by atoms with E-state index < -0.39 is 4.92 Å². The summed E-state index contributed by atoms with van der Waals surface area (Å²) in [7, 11) is 0. The molecule has 3 aromatic rings. The van der Waals surface area contributed by atoms with Crippen molar-refractivity contribution in [1.29, 1.82) is 0 Å². The lowest BCUT2D eigenvalue weighted by Gasteiger charge is -2.35. The molecule has 2 heterocycles. The van der Waals surface area contributed by atoms with Gasteiger partial charge in [-0.2, -0.15) is 0 Å². The minimum atomic E-state index is -0.398. The number of rotatable bonds is 4. The van der Waals surface area contributed by atoms with E-state index in [1.54, 1.807) is 17.0 Å². The molecule has 1 amide bonds. The van der Waals surface area contributed by atoms with Gasteiger partial charge in [0.1, 0.15) is 0 Å². The van der Waals surface area contributed by atoms with E-state index in [2.05, 4.69) is 4.90 Å². The third-order valence-corrected chi connectivity index (χ3v) is 4.92. The summed E-state index contributed by atoms with van der Waals surface area (Å²) in [6, 6.07) is 18.1. The maximum absolute atomic E-state index is 13.0. The lowest BCUT2D eigenvalue weighted by molar-refractivity contribution is -0.384. The first-order chi connectivity index (χ1) is 13.6. The van der Waals surface area contributed by atoms with E-state index in [0.717, 1.165) is 16.8 Å². The van der Waals surface area contributed by atoms with Crippen molar-refractivity contribution in [3.63, 3.8) is 0 Å². The Balaban J connectivity index is 1.46. The van der Waals surface area contributed by atoms with E-state index >= 15 is 0 Å². The van der Waals surface area contributed by atoms with Crippen LogP contribution in [0.3, 0.4) is 0 Å². The van der Waals surface area contributed by atoms with Crippen molar-refractivity contribution in [2.45, 2.75) is 0 Å². The molecule has 0 atom stereocenters. The van der Waals surface area contributed by atoms with Gasteiger partial charge in [-0.1, -0.05) is 36.4 Å². The van der Waals surface area contributed by atoms with Crippen LogP contribution in [-0.2, 0) is 0 Å². The Bertz CT molecular complexity index is 992. The molecule has 1 saturated heterocycles. The van der Waals surface area contributed by atoms with Crippen molar-refractivity contribution in [3.05, 3.63) is 82.8 Å². The lowest BCUT2D eigenvalue weighted by Crippen LogP contribution is -2.48. The third kappa shape index (κ3) is 3.46. The second kappa shape index (κ2) is 7.56. The summed E-state index contributed by atoms with van der Waals surface area (Å²) in [4.78, 5) is 27.4. The van der Waals surface area contributed by atoms with Gasteiger partial charge in [-0.05, 0) is 17.7 Å². The van der Waals surface area contributed by atoms with Crippen LogP contribution in [0.5, 0.6) is 0 Å². The number of benzene rings is 2. The highest BCUT2D eigenvalue weighted by Gasteiger charge is 2.27. The Morgan fingerprint density at radius 1 is 0.964 bits per heavy atom. The van der Waals surface area contributed by atoms with Gasteiger partial charge in [-0.25, -0.2) is 0 Å². The van der Waals surface area contributed by atoms with Gasteiger partial charge in [-0.15, -0.1) is 0 Å². The van der Waals surface area contributed by atoms with Gasteiger partial charge in [0.25, 0.3) is 11.6 Å². The molecule has 0 saturated carbocycles. The minimum absolute atomic E-state index is 0.0686. The van der Waals surface area contributed by atoms with Crippen molar-refractivity contribution in [2.75, 3.05) is 31.1 Å². The molecule has 1 aliphatic rings. The molecule has 142 valence electrons. The predicted octanol–water partition coefficient (Wildman–Crippen LogP) is 3.82. The number of nitro groups is 1. The van der Waals surface area contributed by atoms with Crippen molar-refractivity contribution < 1.29 is 14.1 Å². The summed E-state index contributed by atoms with van der Waals surface area (Å²) in [6.07, 6.45) is 1.54. The van der Waals surface area contributed by atoms with E-state index in [1.165, 1.54) is 12.3 Å². The zero-order valence-electron chi connectivity index (χ0n) is 15.2. The number of anilines is 1. The summed E-state index contributed by atoms with van der Waals surface area (Å²) in [5.41, 5.74) is 2.59. The molecule has 2 aromatic carbocycles. The second-order valence-corrected chi connectivity index (χ2v) is 6.59. The Labute approximate surface area is 161 Å². The largest absolute Gasteiger partial charge is 0.459 e. The van der Waals surface area contributed by atoms with Gasteiger partial charge in [0.2, 0.25) is 0 Å². The molecule has 0 spiro atoms. The lowest BCUT2D eigenvalue weighted by atomic mass is 10.1. The molecule has 0 radical (unpaired) electrons. The molecule has 1 fully saturated rings. The number of furan rings is 1. The third-order valence-electron chi connectivity index (χ3n) is 4.92. The highest BCUT2D eigenvalue weighted by atomic mass is 16.6. The minimum Gasteiger partial charge on any atom is -0.459 e. The number of carbonyl (C=O) groups excluding carboxylic acids is 1. The highest BCUT2D eigenvalue weighted by Crippen LogP contribution is 2.27. The van der Waals surface area contributed by atoms with Crippen molar-refractivity contribution >= 4 is 17.3 Å². The smallest absolute Gasteiger partial charge is 0.290 e. The van der Waals surface area contributed by atoms with Crippen molar-refractivity contribution in [2.24, 2.45) is 0 Å². The molecule has 1 aliphatic heterocycles. The van der Waals surface area contributed by atoms with Gasteiger partial charge in [0.15, 0.2) is 5.76 Å². The summed E-state index contributed by atoms with van der Waals surface area (Å²) in [5, 5.41) is 11.0. The molecular weight excluding hydrogens is 358 g/mol. The Kier molecular flexibility index (Phi) is 4.80. The van der Waals surface area contributed by atoms with Crippen LogP contribution in [0.4, 0.5) is 11.4 Å². The molecule has 0 aliphatic carbocycles. The first-order valence-electron chi connectivity index (χ1n) is 9.05. The van der Waals surface area contributed by atoms with Crippen LogP contribution in [0.2, 0.25) is 0 Å². The van der Waals surface area contributed by atoms with Gasteiger partial charge in [0, 0.05) is 49.6 Å². The molecule has 0 bridgehead atoms. The monoisotopic (exact) mass is 377 g/mol. The standard InChI is InChI=1S/C21H19N3O4/c25-21(20-19(9-14-28-20)16-5-2-1-3-6-16)23-12-10-22(11-13-23)17-7-4-8-18(15-17)24(26)27/h1-9,14-15H,10-13H2. The molecular formula is C21H19N3O4. The van der Waals surface area contributed by atoms with Gasteiger partial charge in [-0.3, -0.25) is 14.9 Å². The maximum Gasteiger partial charge on any atom is 0.290 e. The number of hydrogen-bond donors (Lipinski definition) is 0. The fourth-order valence-corrected chi connectivity index (χ4v) is 3.43. The fourth-order valence-electron chi connectivity index (χ4n) is 3.43. The molecule has 0 unspecified atom stereocenters. The van der Waals surface area contributed by atoms with Crippen molar-refractivity contribution in [3.8, 4) is 11.1 Å². The van der Waals surface area contributed by atoms with Gasteiger partial charge >= 0.3 is 0 Å². The zero-order chi connectivity index (χ0) is 19.5. The molecule has 0 N–H and O–H groups in total. The first kappa shape index (κ1) is 17.8. The van der Waals surface area contributed by atoms with E-state index in [1.807, 2.05) is 42.5 Å². The normalized spacial score (nSPS) is 14.1. The molecule has 4 rings (SSSR count). The number of hydrogen-bond acceptors (Lipinski definition) is 5. The molecule has 28 heavy (non-hydrogen) atoms. The van der Waals surface area contributed by atoms with E-state index in [4.69, 9.17) is 4.42 Å². The number of amides is 1. The van der Waals surface area contributed by atoms with Gasteiger partial charge in [0.05, 0.1) is 11.2 Å². The van der Waals surface area contributed by atoms with Crippen LogP contribution in [0, 0.1) is 10.1 Å². The Morgan fingerprint density at radius 2 is 1.71 bits per heavy atom. The van der Waals surface area contributed by atoms with E-state index in [0.29, 0.717) is 31.9 Å². The number of nitro benzene ring substituents is 1. The zero-order valence-corrected chi connectivity index (χ0v) is 15.2. The average molecular weight is 377 g/mol. The van der Waals surface area contributed by atoms with E-state index in [9.17, 15) is 14.9 Å². The Morgan fingerprint density at radius 3 is 2.43 bits per heavy atom. The average Bonchev–Trinajstić information content (AvgIpc) is 3.24. The Hall–Kier alpha value is -3.61. The number of non-ortho nitro benzene ring substituents is 1. The summed E-state index contributed by atoms with van der Waals surface area (Å²) in [6.45, 7) is 2.26. The summed E-state index contributed by atoms with van der Waals surface area (Å²) in [5.74, 6) is 0.206. The second-order valence-electron chi connectivity index (χ2n) is 6.59. The van der Waals surface area contributed by atoms with E-state index in [-0.39, 0.29) is 11.6 Å². The number of piperazine rings is 1. The number of nitrogens with zero attached hydrogens (tertiary/aromatic N) is 3.